The number of carbonyl (C=O) groups excluding carboxylic acids is 2. The van der Waals surface area contributed by atoms with Crippen LogP contribution in [0.3, 0.4) is 0 Å². The van der Waals surface area contributed by atoms with E-state index in [1.165, 1.54) is 6.07 Å². The Morgan fingerprint density at radius 3 is 2.17 bits per heavy atom. The maximum Gasteiger partial charge on any atom is 0.272 e. The molecular formula is C34H48ClF2N5O5S. The van der Waals surface area contributed by atoms with E-state index in [1.54, 1.807) is 6.92 Å². The third-order valence-corrected chi connectivity index (χ3v) is 10.2. The summed E-state index contributed by atoms with van der Waals surface area (Å²) in [7, 11) is -3.87. The first-order valence-electron chi connectivity index (χ1n) is 16.1. The van der Waals surface area contributed by atoms with E-state index in [-0.39, 0.29) is 36.6 Å². The molecule has 3 rings (SSSR count). The van der Waals surface area contributed by atoms with Crippen molar-refractivity contribution in [1.82, 2.24) is 26.1 Å². The zero-order chi connectivity index (χ0) is 34.6. The van der Waals surface area contributed by atoms with E-state index in [4.69, 9.17) is 0 Å². The van der Waals surface area contributed by atoms with E-state index < -0.39 is 62.5 Å². The number of sulfone groups is 1. The number of nitrogens with one attached hydrogen (secondary N) is 4. The summed E-state index contributed by atoms with van der Waals surface area (Å²) in [5, 5.41) is 25.5. The lowest BCUT2D eigenvalue weighted by molar-refractivity contribution is -0.124. The number of halogens is 3. The molecule has 10 nitrogen and oxygen atoms in total. The molecule has 14 heteroatoms. The zero-order valence-electron chi connectivity index (χ0n) is 27.9. The van der Waals surface area contributed by atoms with Crippen molar-refractivity contribution in [2.24, 2.45) is 0 Å². The molecular weight excluding hydrogens is 664 g/mol. The average Bonchev–Trinajstić information content (AvgIpc) is 3.46. The van der Waals surface area contributed by atoms with Gasteiger partial charge in [0.1, 0.15) is 23.4 Å². The number of H-pyrrole nitrogens is 1. The molecule has 0 unspecified atom stereocenters. The number of aromatic nitrogens is 2. The standard InChI is InChI=1S/C34H47F2N5O5S.ClH/c1-5-9-28(10-6-2)47(45,46)21-31(39-33(43)30-13-22(4)40-41-30)34(44)38-29(17-25-15-26(35)18-27(36)16-25)32(42)20-37-19-24-12-8-11-23(7-3)14-24;/h8,11-16,18,28-29,31-32,37,42H,5-7,9-10,17,19-21H2,1-4H3,(H,38,44)(H,39,43)(H,40,41);1H/t29-,31+,32+;/m0./s1. The normalized spacial score (nSPS) is 13.4. The van der Waals surface area contributed by atoms with Gasteiger partial charge in [0.2, 0.25) is 5.91 Å². The number of rotatable bonds is 19. The van der Waals surface area contributed by atoms with Crippen molar-refractivity contribution < 1.29 is 31.9 Å². The topological polar surface area (TPSA) is 153 Å². The Labute approximate surface area is 288 Å². The van der Waals surface area contributed by atoms with Crippen LogP contribution in [-0.4, -0.2) is 71.3 Å². The summed E-state index contributed by atoms with van der Waals surface area (Å²) in [5.74, 6) is -3.94. The summed E-state index contributed by atoms with van der Waals surface area (Å²) in [4.78, 5) is 26.9. The summed E-state index contributed by atoms with van der Waals surface area (Å²) < 4.78 is 55.3. The highest BCUT2D eigenvalue weighted by molar-refractivity contribution is 7.92. The Morgan fingerprint density at radius 1 is 0.938 bits per heavy atom. The first kappa shape index (κ1) is 40.8. The fourth-order valence-corrected chi connectivity index (χ4v) is 7.64. The second-order valence-corrected chi connectivity index (χ2v) is 14.3. The lowest BCUT2D eigenvalue weighted by atomic mass is 10.00. The van der Waals surface area contributed by atoms with Crippen molar-refractivity contribution in [2.45, 2.75) is 96.2 Å². The van der Waals surface area contributed by atoms with Crippen LogP contribution in [0.1, 0.15) is 79.3 Å². The maximum atomic E-state index is 14.1. The van der Waals surface area contributed by atoms with Gasteiger partial charge in [0.25, 0.3) is 5.91 Å². The predicted molar refractivity (Wildman–Crippen MR) is 185 cm³/mol. The third-order valence-electron chi connectivity index (χ3n) is 7.94. The number of amides is 2. The van der Waals surface area contributed by atoms with Gasteiger partial charge in [-0.15, -0.1) is 12.4 Å². The van der Waals surface area contributed by atoms with E-state index in [2.05, 4.69) is 26.1 Å². The van der Waals surface area contributed by atoms with Gasteiger partial charge in [0.15, 0.2) is 9.84 Å². The van der Waals surface area contributed by atoms with Crippen LogP contribution in [0.25, 0.3) is 0 Å². The Balaban J connectivity index is 0.00000800. The van der Waals surface area contributed by atoms with E-state index >= 15 is 0 Å². The zero-order valence-corrected chi connectivity index (χ0v) is 29.5. The third kappa shape index (κ3) is 12.6. The van der Waals surface area contributed by atoms with E-state index in [9.17, 15) is 31.9 Å². The number of aryl methyl sites for hydroxylation is 2. The highest BCUT2D eigenvalue weighted by atomic mass is 35.5. The van der Waals surface area contributed by atoms with Crippen LogP contribution < -0.4 is 16.0 Å². The second-order valence-electron chi connectivity index (χ2n) is 12.0. The molecule has 2 aromatic carbocycles. The largest absolute Gasteiger partial charge is 0.390 e. The summed E-state index contributed by atoms with van der Waals surface area (Å²) in [6, 6.07) is 9.66. The molecule has 0 aliphatic heterocycles. The monoisotopic (exact) mass is 711 g/mol. The Kier molecular flexibility index (Phi) is 16.6. The van der Waals surface area contributed by atoms with Gasteiger partial charge in [-0.2, -0.15) is 5.10 Å². The van der Waals surface area contributed by atoms with Crippen molar-refractivity contribution in [3.63, 3.8) is 0 Å². The van der Waals surface area contributed by atoms with Gasteiger partial charge in [-0.1, -0.05) is 57.9 Å². The molecule has 5 N–H and O–H groups in total. The summed E-state index contributed by atoms with van der Waals surface area (Å²) in [6.45, 7) is 7.89. The SMILES string of the molecule is CCCC(CCC)S(=O)(=O)C[C@@H](NC(=O)c1cc(C)[nH]n1)C(=O)N[C@@H](Cc1cc(F)cc(F)c1)[C@H](O)CNCc1cccc(CC)c1.Cl. The van der Waals surface area contributed by atoms with Gasteiger partial charge >= 0.3 is 0 Å². The van der Waals surface area contributed by atoms with E-state index in [1.807, 2.05) is 45.0 Å². The summed E-state index contributed by atoms with van der Waals surface area (Å²) in [5.41, 5.74) is 2.87. The molecule has 1 aromatic heterocycles. The van der Waals surface area contributed by atoms with Crippen LogP contribution in [0, 0.1) is 18.6 Å². The van der Waals surface area contributed by atoms with E-state index in [0.717, 1.165) is 35.7 Å². The lowest BCUT2D eigenvalue weighted by Gasteiger charge is -2.28. The minimum atomic E-state index is -3.87. The number of hydrogen-bond acceptors (Lipinski definition) is 7. The molecule has 0 aliphatic carbocycles. The molecule has 0 spiro atoms. The fourth-order valence-electron chi connectivity index (χ4n) is 5.48. The van der Waals surface area contributed by atoms with Crippen molar-refractivity contribution in [3.05, 3.63) is 88.2 Å². The highest BCUT2D eigenvalue weighted by Gasteiger charge is 2.34. The molecule has 0 aliphatic rings. The average molecular weight is 712 g/mol. The number of benzene rings is 2. The quantitative estimate of drug-likeness (QED) is 0.124. The van der Waals surface area contributed by atoms with Crippen LogP contribution in [-0.2, 0) is 34.0 Å². The Bertz CT molecular complexity index is 1560. The molecule has 3 atom stereocenters. The molecule has 1 heterocycles. The van der Waals surface area contributed by atoms with Crippen LogP contribution in [0.5, 0.6) is 0 Å². The predicted octanol–water partition coefficient (Wildman–Crippen LogP) is 4.34. The molecule has 0 radical (unpaired) electrons. The number of aliphatic hydroxyl groups is 1. The number of hydrogen-bond donors (Lipinski definition) is 5. The van der Waals surface area contributed by atoms with Crippen LogP contribution in [0.15, 0.2) is 48.5 Å². The van der Waals surface area contributed by atoms with Crippen molar-refractivity contribution in [1.29, 1.82) is 0 Å². The van der Waals surface area contributed by atoms with Gasteiger partial charge in [-0.05, 0) is 67.5 Å². The first-order valence-corrected chi connectivity index (χ1v) is 17.8. The minimum absolute atomic E-state index is 0. The Morgan fingerprint density at radius 2 is 1.58 bits per heavy atom. The number of aromatic amines is 1. The Hall–Kier alpha value is -3.39. The van der Waals surface area contributed by atoms with Gasteiger partial charge < -0.3 is 21.1 Å². The molecule has 48 heavy (non-hydrogen) atoms. The summed E-state index contributed by atoms with van der Waals surface area (Å²) >= 11 is 0. The molecule has 3 aromatic rings. The fraction of sp³-hybridized carbons (Fsp3) is 0.500. The maximum absolute atomic E-state index is 14.1. The van der Waals surface area contributed by atoms with Crippen LogP contribution >= 0.6 is 12.4 Å². The lowest BCUT2D eigenvalue weighted by Crippen LogP contribution is -2.57. The minimum Gasteiger partial charge on any atom is -0.390 e. The molecule has 266 valence electrons. The molecule has 0 saturated heterocycles. The van der Waals surface area contributed by atoms with Crippen molar-refractivity contribution >= 4 is 34.1 Å². The number of nitrogens with zero attached hydrogens (tertiary/aromatic N) is 1. The number of aliphatic hydroxyl groups excluding tert-OH is 1. The molecule has 0 bridgehead atoms. The van der Waals surface area contributed by atoms with Crippen molar-refractivity contribution in [3.8, 4) is 0 Å². The molecule has 0 fully saturated rings. The second kappa shape index (κ2) is 19.6. The molecule has 2 amide bonds. The van der Waals surface area contributed by atoms with Gasteiger partial charge in [-0.25, -0.2) is 17.2 Å². The van der Waals surface area contributed by atoms with Crippen molar-refractivity contribution in [2.75, 3.05) is 12.3 Å². The number of carbonyl (C=O) groups is 2. The van der Waals surface area contributed by atoms with Gasteiger partial charge in [0.05, 0.1) is 23.1 Å². The molecule has 0 saturated carbocycles. The highest BCUT2D eigenvalue weighted by Crippen LogP contribution is 2.18. The first-order chi connectivity index (χ1) is 22.3. The smallest absolute Gasteiger partial charge is 0.272 e. The van der Waals surface area contributed by atoms with Gasteiger partial charge in [-0.3, -0.25) is 14.7 Å². The summed E-state index contributed by atoms with van der Waals surface area (Å²) in [6.07, 6.45) is 1.47. The van der Waals surface area contributed by atoms with Crippen LogP contribution in [0.2, 0.25) is 0 Å². The van der Waals surface area contributed by atoms with E-state index in [0.29, 0.717) is 37.9 Å². The van der Waals surface area contributed by atoms with Crippen LogP contribution in [0.4, 0.5) is 8.78 Å². The van der Waals surface area contributed by atoms with Gasteiger partial charge in [0, 0.05) is 24.8 Å².